The van der Waals surface area contributed by atoms with Gasteiger partial charge in [-0.1, -0.05) is 18.2 Å². The molecule has 0 aliphatic rings. The lowest BCUT2D eigenvalue weighted by atomic mass is 10.1. The van der Waals surface area contributed by atoms with Crippen LogP contribution in [0.1, 0.15) is 24.2 Å². The van der Waals surface area contributed by atoms with Crippen molar-refractivity contribution in [3.63, 3.8) is 0 Å². The Morgan fingerprint density at radius 3 is 2.75 bits per heavy atom. The molecule has 0 amide bonds. The molecule has 4 nitrogen and oxygen atoms in total. The molecule has 0 bridgehead atoms. The summed E-state index contributed by atoms with van der Waals surface area (Å²) >= 11 is 0. The molecular weight excluding hydrogens is 266 g/mol. The van der Waals surface area contributed by atoms with Crippen LogP contribution in [0.2, 0.25) is 13.1 Å². The van der Waals surface area contributed by atoms with Crippen molar-refractivity contribution in [2.75, 3.05) is 0 Å². The highest BCUT2D eigenvalue weighted by molar-refractivity contribution is 6.49. The van der Waals surface area contributed by atoms with E-state index in [9.17, 15) is 0 Å². The van der Waals surface area contributed by atoms with Crippen molar-refractivity contribution in [1.82, 2.24) is 9.97 Å². The Balaban J connectivity index is 2.17. The SMILES string of the molecule is CC(N=Cc1ccncn1)c1ccccc1O[Si](C)C. The summed E-state index contributed by atoms with van der Waals surface area (Å²) in [6, 6.07) is 9.92. The summed E-state index contributed by atoms with van der Waals surface area (Å²) < 4.78 is 5.92. The number of aliphatic imine (C=N–C) groups is 1. The summed E-state index contributed by atoms with van der Waals surface area (Å²) in [5, 5.41) is 0. The molecule has 5 heteroatoms. The van der Waals surface area contributed by atoms with E-state index >= 15 is 0 Å². The van der Waals surface area contributed by atoms with Crippen LogP contribution in [-0.2, 0) is 0 Å². The second-order valence-electron chi connectivity index (χ2n) is 4.64. The van der Waals surface area contributed by atoms with Gasteiger partial charge in [0.25, 0.3) is 9.04 Å². The number of benzene rings is 1. The fourth-order valence-corrected chi connectivity index (χ4v) is 2.41. The normalized spacial score (nSPS) is 12.8. The Morgan fingerprint density at radius 2 is 2.05 bits per heavy atom. The Kier molecular flexibility index (Phi) is 5.01. The number of para-hydroxylation sites is 1. The molecule has 0 fully saturated rings. The fraction of sp³-hybridized carbons (Fsp3) is 0.267. The van der Waals surface area contributed by atoms with Gasteiger partial charge in [-0.15, -0.1) is 0 Å². The topological polar surface area (TPSA) is 47.4 Å². The Hall–Kier alpha value is -2.01. The van der Waals surface area contributed by atoms with Crippen molar-refractivity contribution in [3.8, 4) is 5.75 Å². The first-order valence-electron chi connectivity index (χ1n) is 6.53. The van der Waals surface area contributed by atoms with Crippen LogP contribution in [-0.4, -0.2) is 25.2 Å². The maximum Gasteiger partial charge on any atom is 0.274 e. The van der Waals surface area contributed by atoms with Crippen molar-refractivity contribution in [3.05, 3.63) is 54.1 Å². The predicted molar refractivity (Wildman–Crippen MR) is 82.6 cm³/mol. The summed E-state index contributed by atoms with van der Waals surface area (Å²) in [6.45, 7) is 6.30. The molecule has 103 valence electrons. The highest BCUT2D eigenvalue weighted by Crippen LogP contribution is 2.27. The van der Waals surface area contributed by atoms with Gasteiger partial charge in [0.05, 0.1) is 11.7 Å². The van der Waals surface area contributed by atoms with Gasteiger partial charge in [0, 0.05) is 18.0 Å². The average Bonchev–Trinajstić information content (AvgIpc) is 2.46. The fourth-order valence-electron chi connectivity index (χ4n) is 1.78. The zero-order valence-electron chi connectivity index (χ0n) is 11.9. The standard InChI is InChI=1S/C15H18N3OSi/c1-12(17-10-13-8-9-16-11-18-13)14-6-4-5-7-15(14)19-20(2)3/h4-12H,1-3H3. The van der Waals surface area contributed by atoms with E-state index in [4.69, 9.17) is 4.43 Å². The molecule has 0 saturated carbocycles. The summed E-state index contributed by atoms with van der Waals surface area (Å²) in [4.78, 5) is 12.6. The van der Waals surface area contributed by atoms with E-state index in [-0.39, 0.29) is 6.04 Å². The third-order valence-electron chi connectivity index (χ3n) is 2.72. The molecule has 0 spiro atoms. The van der Waals surface area contributed by atoms with Crippen LogP contribution < -0.4 is 4.43 Å². The largest absolute Gasteiger partial charge is 0.542 e. The molecule has 0 aliphatic carbocycles. The smallest absolute Gasteiger partial charge is 0.274 e. The number of hydrogen-bond acceptors (Lipinski definition) is 4. The molecule has 0 N–H and O–H groups in total. The lowest BCUT2D eigenvalue weighted by Crippen LogP contribution is -2.13. The summed E-state index contributed by atoms with van der Waals surface area (Å²) in [5.41, 5.74) is 1.91. The van der Waals surface area contributed by atoms with E-state index in [0.29, 0.717) is 0 Å². The zero-order valence-corrected chi connectivity index (χ0v) is 12.9. The number of hydrogen-bond donors (Lipinski definition) is 0. The molecule has 1 atom stereocenters. The molecule has 2 rings (SSSR count). The van der Waals surface area contributed by atoms with Crippen molar-refractivity contribution >= 4 is 15.3 Å². The molecule has 1 aromatic heterocycles. The van der Waals surface area contributed by atoms with Gasteiger partial charge < -0.3 is 4.43 Å². The van der Waals surface area contributed by atoms with E-state index in [1.165, 1.54) is 6.33 Å². The quantitative estimate of drug-likeness (QED) is 0.625. The lowest BCUT2D eigenvalue weighted by Gasteiger charge is -2.15. The van der Waals surface area contributed by atoms with Gasteiger partial charge in [-0.2, -0.15) is 0 Å². The van der Waals surface area contributed by atoms with Crippen LogP contribution in [0.5, 0.6) is 5.75 Å². The maximum atomic E-state index is 5.92. The van der Waals surface area contributed by atoms with E-state index in [1.54, 1.807) is 12.4 Å². The van der Waals surface area contributed by atoms with E-state index < -0.39 is 9.04 Å². The molecule has 1 aromatic carbocycles. The van der Waals surface area contributed by atoms with Gasteiger partial charge >= 0.3 is 0 Å². The molecular formula is C15H18N3OSi. The monoisotopic (exact) mass is 284 g/mol. The van der Waals surface area contributed by atoms with Crippen LogP contribution in [0.3, 0.4) is 0 Å². The van der Waals surface area contributed by atoms with Gasteiger partial charge in [-0.3, -0.25) is 4.99 Å². The minimum atomic E-state index is -0.781. The third kappa shape index (κ3) is 3.99. The Labute approximate surface area is 121 Å². The predicted octanol–water partition coefficient (Wildman–Crippen LogP) is 3.29. The van der Waals surface area contributed by atoms with Crippen LogP contribution in [0.25, 0.3) is 0 Å². The molecule has 20 heavy (non-hydrogen) atoms. The number of aromatic nitrogens is 2. The minimum Gasteiger partial charge on any atom is -0.542 e. The first-order chi connectivity index (χ1) is 9.66. The van der Waals surface area contributed by atoms with Gasteiger partial charge in [-0.05, 0) is 32.2 Å². The second-order valence-corrected chi connectivity index (χ2v) is 6.66. The first-order valence-corrected chi connectivity index (χ1v) is 8.94. The first kappa shape index (κ1) is 14.4. The summed E-state index contributed by atoms with van der Waals surface area (Å²) in [7, 11) is -0.781. The number of nitrogens with zero attached hydrogens (tertiary/aromatic N) is 3. The average molecular weight is 284 g/mol. The zero-order chi connectivity index (χ0) is 14.4. The van der Waals surface area contributed by atoms with Crippen LogP contribution in [0, 0.1) is 0 Å². The molecule has 0 saturated heterocycles. The van der Waals surface area contributed by atoms with Gasteiger partial charge in [0.2, 0.25) is 0 Å². The highest BCUT2D eigenvalue weighted by Gasteiger charge is 2.11. The lowest BCUT2D eigenvalue weighted by molar-refractivity contribution is 0.564. The molecule has 0 aliphatic heterocycles. The van der Waals surface area contributed by atoms with E-state index in [1.807, 2.05) is 24.3 Å². The van der Waals surface area contributed by atoms with Gasteiger partial charge in [0.15, 0.2) is 0 Å². The highest BCUT2D eigenvalue weighted by atomic mass is 28.3. The molecule has 1 unspecified atom stereocenters. The van der Waals surface area contributed by atoms with Gasteiger partial charge in [-0.25, -0.2) is 9.97 Å². The summed E-state index contributed by atoms with van der Waals surface area (Å²) in [6.07, 6.45) is 5.00. The van der Waals surface area contributed by atoms with Crippen LogP contribution in [0.15, 0.2) is 47.8 Å². The second kappa shape index (κ2) is 6.95. The van der Waals surface area contributed by atoms with Crippen LogP contribution >= 0.6 is 0 Å². The Bertz CT molecular complexity index is 572. The van der Waals surface area contributed by atoms with Gasteiger partial charge in [0.1, 0.15) is 12.1 Å². The minimum absolute atomic E-state index is 0.0301. The van der Waals surface area contributed by atoms with Crippen molar-refractivity contribution in [1.29, 1.82) is 0 Å². The maximum absolute atomic E-state index is 5.92. The molecule has 1 radical (unpaired) electrons. The third-order valence-corrected chi connectivity index (χ3v) is 3.35. The van der Waals surface area contributed by atoms with E-state index in [2.05, 4.69) is 41.0 Å². The van der Waals surface area contributed by atoms with E-state index in [0.717, 1.165) is 17.0 Å². The van der Waals surface area contributed by atoms with Crippen molar-refractivity contribution < 1.29 is 4.43 Å². The van der Waals surface area contributed by atoms with Crippen LogP contribution in [0.4, 0.5) is 0 Å². The molecule has 2 aromatic rings. The Morgan fingerprint density at radius 1 is 1.25 bits per heavy atom. The summed E-state index contributed by atoms with van der Waals surface area (Å²) in [5.74, 6) is 0.929. The van der Waals surface area contributed by atoms with Crippen molar-refractivity contribution in [2.45, 2.75) is 26.1 Å². The van der Waals surface area contributed by atoms with Crippen molar-refractivity contribution in [2.24, 2.45) is 4.99 Å². The number of rotatable bonds is 5. The molecule has 1 heterocycles.